The number of aromatic nitrogens is 3. The Labute approximate surface area is 122 Å². The molecule has 0 saturated heterocycles. The van der Waals surface area contributed by atoms with Gasteiger partial charge in [-0.1, -0.05) is 23.4 Å². The lowest BCUT2D eigenvalue weighted by Crippen LogP contribution is -2.14. The summed E-state index contributed by atoms with van der Waals surface area (Å²) in [4.78, 5) is 4.48. The van der Waals surface area contributed by atoms with Crippen molar-refractivity contribution in [2.24, 2.45) is 0 Å². The maximum atomic E-state index is 5.81. The van der Waals surface area contributed by atoms with Gasteiger partial charge in [0.1, 0.15) is 5.01 Å². The summed E-state index contributed by atoms with van der Waals surface area (Å²) >= 11 is 1.49. The fourth-order valence-corrected chi connectivity index (χ4v) is 2.56. The van der Waals surface area contributed by atoms with Gasteiger partial charge in [-0.05, 0) is 38.3 Å². The second-order valence-electron chi connectivity index (χ2n) is 4.97. The van der Waals surface area contributed by atoms with Crippen LogP contribution in [-0.4, -0.2) is 21.2 Å². The van der Waals surface area contributed by atoms with Gasteiger partial charge < -0.3 is 10.1 Å². The second kappa shape index (κ2) is 5.85. The Hall–Kier alpha value is -1.53. The molecular weight excluding hydrogens is 272 g/mol. The van der Waals surface area contributed by atoms with Crippen molar-refractivity contribution in [3.8, 4) is 10.9 Å². The highest BCUT2D eigenvalue weighted by Gasteiger charge is 2.21. The minimum Gasteiger partial charge on any atom is -0.428 e. The van der Waals surface area contributed by atoms with E-state index >= 15 is 0 Å². The smallest absolute Gasteiger partial charge is 0.299 e. The fraction of sp³-hybridized carbons (Fsp3) is 0.500. The number of hydrogen-bond acceptors (Lipinski definition) is 6. The van der Waals surface area contributed by atoms with Gasteiger partial charge in [-0.2, -0.15) is 0 Å². The Morgan fingerprint density at radius 1 is 1.35 bits per heavy atom. The number of hydrogen-bond donors (Lipinski definition) is 1. The highest BCUT2D eigenvalue weighted by Crippen LogP contribution is 2.28. The number of aryl methyl sites for hydroxylation is 2. The predicted molar refractivity (Wildman–Crippen MR) is 78.2 cm³/mol. The largest absolute Gasteiger partial charge is 0.428 e. The summed E-state index contributed by atoms with van der Waals surface area (Å²) in [5, 5.41) is 13.2. The van der Waals surface area contributed by atoms with Crippen LogP contribution in [-0.2, 0) is 13.0 Å². The van der Waals surface area contributed by atoms with Crippen LogP contribution in [0.25, 0.3) is 0 Å². The van der Waals surface area contributed by atoms with Crippen molar-refractivity contribution in [3.05, 3.63) is 28.5 Å². The van der Waals surface area contributed by atoms with E-state index in [2.05, 4.69) is 27.4 Å². The molecule has 2 aromatic heterocycles. The van der Waals surface area contributed by atoms with E-state index < -0.39 is 0 Å². The SMILES string of the molecule is CCc1nc(C)ccc1Oc1nnc(CNC2CC2)s1. The van der Waals surface area contributed by atoms with Crippen LogP contribution in [0.5, 0.6) is 10.9 Å². The van der Waals surface area contributed by atoms with Gasteiger partial charge >= 0.3 is 0 Å². The van der Waals surface area contributed by atoms with E-state index in [9.17, 15) is 0 Å². The molecule has 20 heavy (non-hydrogen) atoms. The van der Waals surface area contributed by atoms with Crippen LogP contribution < -0.4 is 10.1 Å². The summed E-state index contributed by atoms with van der Waals surface area (Å²) in [7, 11) is 0. The van der Waals surface area contributed by atoms with Crippen LogP contribution >= 0.6 is 11.3 Å². The molecule has 5 nitrogen and oxygen atoms in total. The molecule has 0 unspecified atom stereocenters. The molecule has 0 bridgehead atoms. The molecule has 1 fully saturated rings. The van der Waals surface area contributed by atoms with E-state index in [1.54, 1.807) is 0 Å². The van der Waals surface area contributed by atoms with Gasteiger partial charge in [-0.15, -0.1) is 5.10 Å². The van der Waals surface area contributed by atoms with Gasteiger partial charge in [0.15, 0.2) is 5.75 Å². The van der Waals surface area contributed by atoms with Crippen molar-refractivity contribution in [1.29, 1.82) is 0 Å². The van der Waals surface area contributed by atoms with E-state index in [0.29, 0.717) is 11.2 Å². The molecule has 106 valence electrons. The highest BCUT2D eigenvalue weighted by atomic mass is 32.1. The summed E-state index contributed by atoms with van der Waals surface area (Å²) in [6, 6.07) is 4.58. The molecule has 0 atom stereocenters. The standard InChI is InChI=1S/C14H18N4OS/c1-3-11-12(7-4-9(2)16-11)19-14-18-17-13(20-14)8-15-10-5-6-10/h4,7,10,15H,3,5-6,8H2,1-2H3. The molecule has 1 saturated carbocycles. The van der Waals surface area contributed by atoms with Crippen molar-refractivity contribution in [2.45, 2.75) is 45.7 Å². The maximum Gasteiger partial charge on any atom is 0.299 e. The van der Waals surface area contributed by atoms with E-state index in [1.165, 1.54) is 24.2 Å². The highest BCUT2D eigenvalue weighted by molar-refractivity contribution is 7.13. The molecular formula is C14H18N4OS. The third kappa shape index (κ3) is 3.32. The molecule has 1 aliphatic rings. The molecule has 3 rings (SSSR count). The van der Waals surface area contributed by atoms with Crippen LogP contribution in [0.2, 0.25) is 0 Å². The lowest BCUT2D eigenvalue weighted by atomic mass is 10.2. The normalized spacial score (nSPS) is 14.5. The molecule has 6 heteroatoms. The Kier molecular flexibility index (Phi) is 3.93. The lowest BCUT2D eigenvalue weighted by Gasteiger charge is -2.06. The number of nitrogens with one attached hydrogen (secondary N) is 1. The first-order chi connectivity index (χ1) is 9.74. The molecule has 2 aromatic rings. The topological polar surface area (TPSA) is 59.9 Å². The predicted octanol–water partition coefficient (Wildman–Crippen LogP) is 2.85. The quantitative estimate of drug-likeness (QED) is 0.886. The fourth-order valence-electron chi connectivity index (χ4n) is 1.91. The van der Waals surface area contributed by atoms with Gasteiger partial charge in [0.05, 0.1) is 12.2 Å². The summed E-state index contributed by atoms with van der Waals surface area (Å²) in [6.45, 7) is 4.83. The van der Waals surface area contributed by atoms with Gasteiger partial charge in [-0.3, -0.25) is 4.98 Å². The third-order valence-corrected chi connectivity index (χ3v) is 3.97. The first-order valence-electron chi connectivity index (χ1n) is 6.94. The first-order valence-corrected chi connectivity index (χ1v) is 7.76. The third-order valence-electron chi connectivity index (χ3n) is 3.17. The summed E-state index contributed by atoms with van der Waals surface area (Å²) < 4.78 is 5.81. The minimum atomic E-state index is 0.581. The zero-order valence-electron chi connectivity index (χ0n) is 11.7. The van der Waals surface area contributed by atoms with Crippen LogP contribution in [0.3, 0.4) is 0 Å². The zero-order chi connectivity index (χ0) is 13.9. The number of pyridine rings is 1. The van der Waals surface area contributed by atoms with Crippen molar-refractivity contribution in [2.75, 3.05) is 0 Å². The monoisotopic (exact) mass is 290 g/mol. The van der Waals surface area contributed by atoms with Crippen LogP contribution in [0, 0.1) is 6.92 Å². The zero-order valence-corrected chi connectivity index (χ0v) is 12.5. The molecule has 0 aromatic carbocycles. The number of nitrogens with zero attached hydrogens (tertiary/aromatic N) is 3. The van der Waals surface area contributed by atoms with E-state index in [0.717, 1.165) is 35.1 Å². The van der Waals surface area contributed by atoms with Crippen molar-refractivity contribution in [3.63, 3.8) is 0 Å². The molecule has 0 amide bonds. The first kappa shape index (κ1) is 13.5. The average molecular weight is 290 g/mol. The lowest BCUT2D eigenvalue weighted by molar-refractivity contribution is 0.463. The molecule has 0 aliphatic heterocycles. The molecule has 0 spiro atoms. The number of ether oxygens (including phenoxy) is 1. The van der Waals surface area contributed by atoms with E-state index in [1.807, 2.05) is 19.1 Å². The Balaban J connectivity index is 1.67. The van der Waals surface area contributed by atoms with Crippen LogP contribution in [0.15, 0.2) is 12.1 Å². The molecule has 1 aliphatic carbocycles. The number of rotatable bonds is 6. The van der Waals surface area contributed by atoms with Gasteiger partial charge in [0, 0.05) is 11.7 Å². The molecule has 2 heterocycles. The Morgan fingerprint density at radius 2 is 2.20 bits per heavy atom. The van der Waals surface area contributed by atoms with E-state index in [4.69, 9.17) is 4.74 Å². The summed E-state index contributed by atoms with van der Waals surface area (Å²) in [5.74, 6) is 0.774. The van der Waals surface area contributed by atoms with Gasteiger partial charge in [0.2, 0.25) is 0 Å². The summed E-state index contributed by atoms with van der Waals surface area (Å²) in [6.07, 6.45) is 3.39. The molecule has 0 radical (unpaired) electrons. The van der Waals surface area contributed by atoms with Crippen LogP contribution in [0.4, 0.5) is 0 Å². The van der Waals surface area contributed by atoms with Crippen molar-refractivity contribution < 1.29 is 4.74 Å². The Bertz CT molecular complexity index is 595. The van der Waals surface area contributed by atoms with Crippen molar-refractivity contribution in [1.82, 2.24) is 20.5 Å². The summed E-state index contributed by atoms with van der Waals surface area (Å²) in [5.41, 5.74) is 1.96. The van der Waals surface area contributed by atoms with Gasteiger partial charge in [0.25, 0.3) is 5.19 Å². The second-order valence-corrected chi connectivity index (χ2v) is 5.99. The van der Waals surface area contributed by atoms with E-state index in [-0.39, 0.29) is 0 Å². The van der Waals surface area contributed by atoms with Crippen LogP contribution in [0.1, 0.15) is 36.2 Å². The Morgan fingerprint density at radius 3 is 2.95 bits per heavy atom. The van der Waals surface area contributed by atoms with Gasteiger partial charge in [-0.25, -0.2) is 0 Å². The average Bonchev–Trinajstić information content (AvgIpc) is 3.18. The van der Waals surface area contributed by atoms with Crippen molar-refractivity contribution >= 4 is 11.3 Å². The minimum absolute atomic E-state index is 0.581. The molecule has 1 N–H and O–H groups in total. The maximum absolute atomic E-state index is 5.81.